The smallest absolute Gasteiger partial charge is 0.229 e. The molecule has 4 rings (SSSR count). The fourth-order valence-electron chi connectivity index (χ4n) is 2.58. The Morgan fingerprint density at radius 2 is 2.11 bits per heavy atom. The molecule has 0 aromatic heterocycles. The monoisotopic (exact) mass is 255 g/mol. The van der Waals surface area contributed by atoms with Crippen LogP contribution in [0.3, 0.4) is 0 Å². The van der Waals surface area contributed by atoms with Crippen LogP contribution in [-0.4, -0.2) is 17.4 Å². The van der Waals surface area contributed by atoms with Gasteiger partial charge in [0.15, 0.2) is 0 Å². The van der Waals surface area contributed by atoms with E-state index in [4.69, 9.17) is 4.74 Å². The Morgan fingerprint density at radius 3 is 3.00 bits per heavy atom. The highest BCUT2D eigenvalue weighted by Gasteiger charge is 2.36. The van der Waals surface area contributed by atoms with Gasteiger partial charge >= 0.3 is 0 Å². The maximum atomic E-state index is 6.15. The van der Waals surface area contributed by atoms with E-state index in [1.54, 1.807) is 0 Å². The third kappa shape index (κ3) is 1.48. The van der Waals surface area contributed by atoms with Gasteiger partial charge in [0, 0.05) is 17.9 Å². The van der Waals surface area contributed by atoms with Crippen molar-refractivity contribution in [2.75, 3.05) is 12.3 Å². The van der Waals surface area contributed by atoms with Gasteiger partial charge in [-0.15, -0.1) is 0 Å². The molecule has 2 aromatic carbocycles. The number of ether oxygens (including phenoxy) is 1. The number of hydrogen-bond donors (Lipinski definition) is 1. The number of fused-ring (bicyclic) bond motifs is 3. The Morgan fingerprint density at radius 1 is 1.17 bits per heavy atom. The summed E-state index contributed by atoms with van der Waals surface area (Å²) in [7, 11) is 0. The van der Waals surface area contributed by atoms with Crippen molar-refractivity contribution < 1.29 is 4.74 Å². The molecule has 0 amide bonds. The second-order valence-electron chi connectivity index (χ2n) is 4.58. The van der Waals surface area contributed by atoms with Crippen LogP contribution in [0.25, 0.3) is 16.8 Å². The molecule has 1 unspecified atom stereocenters. The molecule has 1 spiro atoms. The molecule has 3 heteroatoms. The van der Waals surface area contributed by atoms with E-state index in [9.17, 15) is 0 Å². The van der Waals surface area contributed by atoms with Crippen LogP contribution in [0.5, 0.6) is 5.75 Å². The second kappa shape index (κ2) is 3.77. The Labute approximate surface area is 110 Å². The predicted octanol–water partition coefficient (Wildman–Crippen LogP) is 3.24. The van der Waals surface area contributed by atoms with Gasteiger partial charge in [-0.05, 0) is 29.0 Å². The molecule has 1 fully saturated rings. The Balaban J connectivity index is 1.89. The van der Waals surface area contributed by atoms with E-state index < -0.39 is 0 Å². The first kappa shape index (κ1) is 10.5. The topological polar surface area (TPSA) is 21.3 Å². The molecule has 90 valence electrons. The summed E-state index contributed by atoms with van der Waals surface area (Å²) in [5, 5.41) is 5.59. The van der Waals surface area contributed by atoms with Crippen molar-refractivity contribution in [3.63, 3.8) is 0 Å². The first-order chi connectivity index (χ1) is 8.86. The highest BCUT2D eigenvalue weighted by Crippen LogP contribution is 2.40. The summed E-state index contributed by atoms with van der Waals surface area (Å²) >= 11 is 1.81. The lowest BCUT2D eigenvalue weighted by Crippen LogP contribution is -2.42. The largest absolute Gasteiger partial charge is 0.459 e. The van der Waals surface area contributed by atoms with Crippen LogP contribution in [0.15, 0.2) is 42.5 Å². The minimum atomic E-state index is -0.338. The maximum Gasteiger partial charge on any atom is 0.229 e. The molecule has 1 saturated heterocycles. The molecular weight excluding hydrogens is 242 g/mol. The lowest BCUT2D eigenvalue weighted by Gasteiger charge is -2.30. The van der Waals surface area contributed by atoms with Crippen molar-refractivity contribution in [1.82, 2.24) is 5.32 Å². The molecule has 2 heterocycles. The van der Waals surface area contributed by atoms with E-state index in [1.165, 1.54) is 16.3 Å². The molecule has 0 aliphatic carbocycles. The number of rotatable bonds is 0. The van der Waals surface area contributed by atoms with E-state index in [0.717, 1.165) is 18.0 Å². The lowest BCUT2D eigenvalue weighted by molar-refractivity contribution is 0.184. The van der Waals surface area contributed by atoms with Gasteiger partial charge in [-0.25, -0.2) is 0 Å². The third-order valence-electron chi connectivity index (χ3n) is 3.45. The van der Waals surface area contributed by atoms with E-state index in [0.29, 0.717) is 0 Å². The van der Waals surface area contributed by atoms with Gasteiger partial charge in [0.25, 0.3) is 0 Å². The fraction of sp³-hybridized carbons (Fsp3) is 0.200. The van der Waals surface area contributed by atoms with E-state index in [1.807, 2.05) is 11.8 Å². The zero-order chi connectivity index (χ0) is 12.0. The van der Waals surface area contributed by atoms with Crippen LogP contribution in [0.1, 0.15) is 5.56 Å². The number of benzene rings is 2. The quantitative estimate of drug-likeness (QED) is 0.781. The van der Waals surface area contributed by atoms with Gasteiger partial charge in [0.05, 0.1) is 0 Å². The summed E-state index contributed by atoms with van der Waals surface area (Å²) in [5.74, 6) is 2.06. The van der Waals surface area contributed by atoms with Crippen molar-refractivity contribution in [2.24, 2.45) is 0 Å². The van der Waals surface area contributed by atoms with Crippen molar-refractivity contribution in [1.29, 1.82) is 0 Å². The number of nitrogens with one attached hydrogen (secondary N) is 1. The van der Waals surface area contributed by atoms with Crippen LogP contribution in [0.4, 0.5) is 0 Å². The zero-order valence-electron chi connectivity index (χ0n) is 9.85. The van der Waals surface area contributed by atoms with Crippen LogP contribution in [-0.2, 0) is 0 Å². The van der Waals surface area contributed by atoms with Gasteiger partial charge in [-0.2, -0.15) is 0 Å². The molecule has 2 aromatic rings. The number of thioether (sulfide) groups is 1. The first-order valence-electron chi connectivity index (χ1n) is 6.15. The summed E-state index contributed by atoms with van der Waals surface area (Å²) in [6.45, 7) is 0.998. The minimum absolute atomic E-state index is 0.338. The Bertz CT molecular complexity index is 644. The summed E-state index contributed by atoms with van der Waals surface area (Å²) < 4.78 is 6.15. The highest BCUT2D eigenvalue weighted by atomic mass is 32.2. The van der Waals surface area contributed by atoms with E-state index in [2.05, 4.69) is 53.9 Å². The van der Waals surface area contributed by atoms with Crippen molar-refractivity contribution in [2.45, 2.75) is 5.06 Å². The Kier molecular flexibility index (Phi) is 2.19. The summed E-state index contributed by atoms with van der Waals surface area (Å²) in [6.07, 6.45) is 4.33. The third-order valence-corrected chi connectivity index (χ3v) is 4.65. The normalized spacial score (nSPS) is 25.3. The predicted molar refractivity (Wildman–Crippen MR) is 76.8 cm³/mol. The van der Waals surface area contributed by atoms with Crippen LogP contribution < -0.4 is 10.1 Å². The van der Waals surface area contributed by atoms with Crippen LogP contribution in [0.2, 0.25) is 0 Å². The molecule has 2 aliphatic heterocycles. The number of hydrogen-bond acceptors (Lipinski definition) is 3. The average molecular weight is 255 g/mol. The lowest BCUT2D eigenvalue weighted by atomic mass is 10.0. The van der Waals surface area contributed by atoms with Gasteiger partial charge in [-0.3, -0.25) is 5.32 Å². The van der Waals surface area contributed by atoms with Gasteiger partial charge in [0.1, 0.15) is 5.75 Å². The van der Waals surface area contributed by atoms with Crippen LogP contribution >= 0.6 is 11.8 Å². The van der Waals surface area contributed by atoms with Crippen LogP contribution in [0, 0.1) is 0 Å². The van der Waals surface area contributed by atoms with Gasteiger partial charge < -0.3 is 4.74 Å². The highest BCUT2D eigenvalue weighted by molar-refractivity contribution is 8.00. The average Bonchev–Trinajstić information content (AvgIpc) is 2.86. The molecule has 18 heavy (non-hydrogen) atoms. The van der Waals surface area contributed by atoms with Crippen molar-refractivity contribution in [3.8, 4) is 5.75 Å². The van der Waals surface area contributed by atoms with Crippen molar-refractivity contribution >= 4 is 28.6 Å². The standard InChI is InChI=1S/C15H13NOS/c1-2-4-12-11(3-1)5-6-14-13(12)7-8-15(17-14)16-9-10-18-15/h1-8,16H,9-10H2. The summed E-state index contributed by atoms with van der Waals surface area (Å²) in [5.41, 5.74) is 1.19. The molecule has 0 radical (unpaired) electrons. The second-order valence-corrected chi connectivity index (χ2v) is 5.88. The molecule has 2 aliphatic rings. The SMILES string of the molecule is C1=CC2(NCCS2)Oc2ccc3ccccc3c21. The summed E-state index contributed by atoms with van der Waals surface area (Å²) in [6, 6.07) is 12.6. The molecule has 0 bridgehead atoms. The minimum Gasteiger partial charge on any atom is -0.459 e. The summed E-state index contributed by atoms with van der Waals surface area (Å²) in [4.78, 5) is 0. The van der Waals surface area contributed by atoms with Gasteiger partial charge in [-0.1, -0.05) is 42.1 Å². The fourth-order valence-corrected chi connectivity index (χ4v) is 3.60. The Hall–Kier alpha value is -1.45. The molecule has 1 N–H and O–H groups in total. The van der Waals surface area contributed by atoms with Gasteiger partial charge in [0.2, 0.25) is 5.06 Å². The maximum absolute atomic E-state index is 6.15. The van der Waals surface area contributed by atoms with E-state index >= 15 is 0 Å². The van der Waals surface area contributed by atoms with E-state index in [-0.39, 0.29) is 5.06 Å². The molecular formula is C15H13NOS. The molecule has 1 atom stereocenters. The first-order valence-corrected chi connectivity index (χ1v) is 7.14. The zero-order valence-corrected chi connectivity index (χ0v) is 10.7. The van der Waals surface area contributed by atoms with Crippen molar-refractivity contribution in [3.05, 3.63) is 48.0 Å². The molecule has 2 nitrogen and oxygen atoms in total. The molecule has 0 saturated carbocycles.